The van der Waals surface area contributed by atoms with Crippen molar-refractivity contribution in [3.8, 4) is 11.5 Å². The zero-order chi connectivity index (χ0) is 11.7. The third kappa shape index (κ3) is 2.27. The number of carbonyl (C=O) groups is 1. The van der Waals surface area contributed by atoms with Crippen LogP contribution in [0.4, 0.5) is 0 Å². The molecule has 4 heteroatoms. The first-order valence-electron chi connectivity index (χ1n) is 5.44. The van der Waals surface area contributed by atoms with Gasteiger partial charge in [-0.3, -0.25) is 4.79 Å². The average Bonchev–Trinajstić information content (AvgIpc) is 2.95. The lowest BCUT2D eigenvalue weighted by molar-refractivity contribution is 0.0948. The van der Waals surface area contributed by atoms with Gasteiger partial charge in [-0.1, -0.05) is 13.3 Å². The fourth-order valence-electron chi connectivity index (χ4n) is 1.85. The van der Waals surface area contributed by atoms with Crippen molar-refractivity contribution in [2.45, 2.75) is 25.8 Å². The van der Waals surface area contributed by atoms with Crippen molar-refractivity contribution in [3.05, 3.63) is 23.8 Å². The van der Waals surface area contributed by atoms with E-state index in [0.29, 0.717) is 11.5 Å². The summed E-state index contributed by atoms with van der Waals surface area (Å²) in [5, 5.41) is 21.4. The van der Waals surface area contributed by atoms with Crippen molar-refractivity contribution in [1.29, 1.82) is 0 Å². The van der Waals surface area contributed by atoms with E-state index in [4.69, 9.17) is 0 Å². The highest BCUT2D eigenvalue weighted by Crippen LogP contribution is 2.33. The number of hydrogen-bond acceptors (Lipinski definition) is 3. The standard InChI is InChI=1S/C12H15NO3/c1-2-7-5-11(7)13-12(16)8-3-9(14)6-10(15)4-8/h3-4,6-7,11,14-15H,2,5H2,1H3,(H,13,16). The fraction of sp³-hybridized carbons (Fsp3) is 0.417. The molecule has 1 amide bonds. The molecule has 0 radical (unpaired) electrons. The van der Waals surface area contributed by atoms with Gasteiger partial charge in [0.25, 0.3) is 5.91 Å². The van der Waals surface area contributed by atoms with E-state index in [1.807, 2.05) is 0 Å². The Labute approximate surface area is 93.9 Å². The summed E-state index contributed by atoms with van der Waals surface area (Å²) >= 11 is 0. The zero-order valence-electron chi connectivity index (χ0n) is 9.10. The van der Waals surface area contributed by atoms with E-state index in [9.17, 15) is 15.0 Å². The third-order valence-corrected chi connectivity index (χ3v) is 2.93. The maximum absolute atomic E-state index is 11.7. The predicted octanol–water partition coefficient (Wildman–Crippen LogP) is 1.63. The molecule has 0 aromatic heterocycles. The molecule has 1 saturated carbocycles. The van der Waals surface area contributed by atoms with Crippen LogP contribution in [0.25, 0.3) is 0 Å². The molecule has 2 atom stereocenters. The van der Waals surface area contributed by atoms with Crippen molar-refractivity contribution in [2.24, 2.45) is 5.92 Å². The van der Waals surface area contributed by atoms with Gasteiger partial charge in [0.15, 0.2) is 0 Å². The van der Waals surface area contributed by atoms with Gasteiger partial charge in [-0.15, -0.1) is 0 Å². The minimum atomic E-state index is -0.243. The number of benzene rings is 1. The van der Waals surface area contributed by atoms with Gasteiger partial charge in [0.05, 0.1) is 0 Å². The summed E-state index contributed by atoms with van der Waals surface area (Å²) in [7, 11) is 0. The highest BCUT2D eigenvalue weighted by Gasteiger charge is 2.36. The molecule has 1 fully saturated rings. The molecular weight excluding hydrogens is 206 g/mol. The Morgan fingerprint density at radius 3 is 2.50 bits per heavy atom. The number of phenolic OH excluding ortho intramolecular Hbond substituents is 2. The second-order valence-corrected chi connectivity index (χ2v) is 4.22. The highest BCUT2D eigenvalue weighted by molar-refractivity contribution is 5.95. The summed E-state index contributed by atoms with van der Waals surface area (Å²) in [6.45, 7) is 2.09. The zero-order valence-corrected chi connectivity index (χ0v) is 9.10. The molecule has 1 aromatic rings. The van der Waals surface area contributed by atoms with E-state index in [-0.39, 0.29) is 23.4 Å². The molecule has 0 heterocycles. The van der Waals surface area contributed by atoms with E-state index in [2.05, 4.69) is 12.2 Å². The lowest BCUT2D eigenvalue weighted by atomic mass is 10.2. The molecule has 0 saturated heterocycles. The van der Waals surface area contributed by atoms with Gasteiger partial charge < -0.3 is 15.5 Å². The van der Waals surface area contributed by atoms with Gasteiger partial charge in [0, 0.05) is 17.7 Å². The molecular formula is C12H15NO3. The van der Waals surface area contributed by atoms with Crippen LogP contribution in [0.2, 0.25) is 0 Å². The van der Waals surface area contributed by atoms with Crippen molar-refractivity contribution < 1.29 is 15.0 Å². The largest absolute Gasteiger partial charge is 0.508 e. The number of carbonyl (C=O) groups excluding carboxylic acids is 1. The minimum Gasteiger partial charge on any atom is -0.508 e. The smallest absolute Gasteiger partial charge is 0.251 e. The topological polar surface area (TPSA) is 69.6 Å². The van der Waals surface area contributed by atoms with Crippen molar-refractivity contribution in [1.82, 2.24) is 5.32 Å². The Bertz CT molecular complexity index is 396. The van der Waals surface area contributed by atoms with E-state index >= 15 is 0 Å². The predicted molar refractivity (Wildman–Crippen MR) is 59.4 cm³/mol. The van der Waals surface area contributed by atoms with Crippen molar-refractivity contribution in [3.63, 3.8) is 0 Å². The van der Waals surface area contributed by atoms with E-state index in [0.717, 1.165) is 12.8 Å². The Morgan fingerprint density at radius 2 is 2.00 bits per heavy atom. The van der Waals surface area contributed by atoms with Crippen molar-refractivity contribution >= 4 is 5.91 Å². The van der Waals surface area contributed by atoms with Crippen LogP contribution in [0.1, 0.15) is 30.1 Å². The van der Waals surface area contributed by atoms with Gasteiger partial charge in [0.2, 0.25) is 0 Å². The first-order chi connectivity index (χ1) is 7.60. The van der Waals surface area contributed by atoms with Crippen LogP contribution in [0, 0.1) is 5.92 Å². The van der Waals surface area contributed by atoms with Gasteiger partial charge in [-0.05, 0) is 24.5 Å². The number of amides is 1. The normalized spacial score (nSPS) is 22.8. The molecule has 1 aliphatic rings. The van der Waals surface area contributed by atoms with Gasteiger partial charge >= 0.3 is 0 Å². The number of hydrogen-bond donors (Lipinski definition) is 3. The molecule has 0 aliphatic heterocycles. The molecule has 2 rings (SSSR count). The molecule has 0 spiro atoms. The monoisotopic (exact) mass is 221 g/mol. The maximum Gasteiger partial charge on any atom is 0.251 e. The summed E-state index contributed by atoms with van der Waals surface area (Å²) in [6.07, 6.45) is 2.09. The van der Waals surface area contributed by atoms with E-state index in [1.54, 1.807) is 0 Å². The van der Waals surface area contributed by atoms with E-state index in [1.165, 1.54) is 18.2 Å². The summed E-state index contributed by atoms with van der Waals surface area (Å²) in [6, 6.07) is 4.14. The van der Waals surface area contributed by atoms with Crippen LogP contribution >= 0.6 is 0 Å². The van der Waals surface area contributed by atoms with Crippen LogP contribution in [0.15, 0.2) is 18.2 Å². The van der Waals surface area contributed by atoms with Crippen LogP contribution in [0.5, 0.6) is 11.5 Å². The summed E-state index contributed by atoms with van der Waals surface area (Å²) in [5.41, 5.74) is 0.291. The Morgan fingerprint density at radius 1 is 1.38 bits per heavy atom. The van der Waals surface area contributed by atoms with Crippen LogP contribution in [0.3, 0.4) is 0 Å². The summed E-state index contributed by atoms with van der Waals surface area (Å²) in [5.74, 6) is 0.128. The second-order valence-electron chi connectivity index (χ2n) is 4.22. The molecule has 1 aliphatic carbocycles. The highest BCUT2D eigenvalue weighted by atomic mass is 16.3. The van der Waals surface area contributed by atoms with Crippen LogP contribution < -0.4 is 5.32 Å². The van der Waals surface area contributed by atoms with Crippen LogP contribution in [-0.2, 0) is 0 Å². The molecule has 1 aromatic carbocycles. The molecule has 86 valence electrons. The Hall–Kier alpha value is -1.71. The van der Waals surface area contributed by atoms with Crippen molar-refractivity contribution in [2.75, 3.05) is 0 Å². The molecule has 16 heavy (non-hydrogen) atoms. The second kappa shape index (κ2) is 4.04. The lowest BCUT2D eigenvalue weighted by Crippen LogP contribution is -2.26. The number of phenols is 2. The lowest BCUT2D eigenvalue weighted by Gasteiger charge is -2.05. The minimum absolute atomic E-state index is 0.104. The third-order valence-electron chi connectivity index (χ3n) is 2.93. The van der Waals surface area contributed by atoms with E-state index < -0.39 is 0 Å². The van der Waals surface area contributed by atoms with Gasteiger partial charge in [-0.25, -0.2) is 0 Å². The molecule has 0 bridgehead atoms. The first-order valence-corrected chi connectivity index (χ1v) is 5.44. The quantitative estimate of drug-likeness (QED) is 0.726. The first kappa shape index (κ1) is 10.8. The number of aromatic hydroxyl groups is 2. The number of nitrogens with one attached hydrogen (secondary N) is 1. The fourth-order valence-corrected chi connectivity index (χ4v) is 1.85. The summed E-state index contributed by atoms with van der Waals surface area (Å²) in [4.78, 5) is 11.7. The molecule has 4 nitrogen and oxygen atoms in total. The average molecular weight is 221 g/mol. The maximum atomic E-state index is 11.7. The Balaban J connectivity index is 2.04. The number of rotatable bonds is 3. The van der Waals surface area contributed by atoms with Crippen LogP contribution in [-0.4, -0.2) is 22.2 Å². The molecule has 2 unspecified atom stereocenters. The summed E-state index contributed by atoms with van der Waals surface area (Å²) < 4.78 is 0. The van der Waals surface area contributed by atoms with Gasteiger partial charge in [0.1, 0.15) is 11.5 Å². The van der Waals surface area contributed by atoms with Gasteiger partial charge in [-0.2, -0.15) is 0 Å². The molecule has 3 N–H and O–H groups in total. The SMILES string of the molecule is CCC1CC1NC(=O)c1cc(O)cc(O)c1. The Kier molecular flexibility index (Phi) is 2.73.